The van der Waals surface area contributed by atoms with Gasteiger partial charge in [-0.05, 0) is 18.2 Å². The highest BCUT2D eigenvalue weighted by Crippen LogP contribution is 2.28. The van der Waals surface area contributed by atoms with E-state index >= 15 is 0 Å². The van der Waals surface area contributed by atoms with Gasteiger partial charge in [-0.25, -0.2) is 9.18 Å². The van der Waals surface area contributed by atoms with Crippen LogP contribution < -0.4 is 4.74 Å². The Morgan fingerprint density at radius 1 is 1.50 bits per heavy atom. The summed E-state index contributed by atoms with van der Waals surface area (Å²) in [5, 5.41) is 17.1. The lowest BCUT2D eigenvalue weighted by atomic mass is 10.1. The highest BCUT2D eigenvalue weighted by molar-refractivity contribution is 5.86. The minimum absolute atomic E-state index is 0.255. The Kier molecular flexibility index (Phi) is 4.32. The molecule has 0 fully saturated rings. The standard InChI is InChI=1S/C11H6F3NO3/c12-8-3-6(1-2-9(16)17)10(18-11(13)14)7(4-8)5-15/h1-4,11H,(H,16,17)/b2-1+. The lowest BCUT2D eigenvalue weighted by Crippen LogP contribution is -2.05. The van der Waals surface area contributed by atoms with Crippen LogP contribution in [0.5, 0.6) is 5.75 Å². The smallest absolute Gasteiger partial charge is 0.387 e. The minimum Gasteiger partial charge on any atom is -0.478 e. The van der Waals surface area contributed by atoms with Gasteiger partial charge < -0.3 is 9.84 Å². The number of alkyl halides is 2. The largest absolute Gasteiger partial charge is 0.478 e. The predicted molar refractivity (Wildman–Crippen MR) is 54.4 cm³/mol. The zero-order valence-electron chi connectivity index (χ0n) is 8.73. The number of halogens is 3. The summed E-state index contributed by atoms with van der Waals surface area (Å²) in [6.07, 6.45) is 1.48. The number of nitriles is 1. The van der Waals surface area contributed by atoms with Crippen LogP contribution in [0.1, 0.15) is 11.1 Å². The van der Waals surface area contributed by atoms with Gasteiger partial charge in [0, 0.05) is 11.6 Å². The molecule has 0 saturated heterocycles. The molecule has 1 rings (SSSR count). The van der Waals surface area contributed by atoms with E-state index in [0.717, 1.165) is 18.2 Å². The van der Waals surface area contributed by atoms with E-state index in [-0.39, 0.29) is 5.56 Å². The first kappa shape index (κ1) is 13.6. The van der Waals surface area contributed by atoms with Crippen molar-refractivity contribution < 1.29 is 27.8 Å². The summed E-state index contributed by atoms with van der Waals surface area (Å²) in [7, 11) is 0. The van der Waals surface area contributed by atoms with E-state index in [2.05, 4.69) is 4.74 Å². The molecule has 0 amide bonds. The van der Waals surface area contributed by atoms with Crippen molar-refractivity contribution in [1.29, 1.82) is 5.26 Å². The van der Waals surface area contributed by atoms with Gasteiger partial charge in [0.25, 0.3) is 0 Å². The van der Waals surface area contributed by atoms with Crippen molar-refractivity contribution in [3.8, 4) is 11.8 Å². The van der Waals surface area contributed by atoms with Crippen molar-refractivity contribution in [2.75, 3.05) is 0 Å². The van der Waals surface area contributed by atoms with Gasteiger partial charge in [0.05, 0.1) is 5.56 Å². The molecule has 0 radical (unpaired) electrons. The molecule has 0 aliphatic heterocycles. The Morgan fingerprint density at radius 2 is 2.17 bits per heavy atom. The molecule has 0 aliphatic carbocycles. The third-order valence-corrected chi connectivity index (χ3v) is 1.82. The highest BCUT2D eigenvalue weighted by atomic mass is 19.3. The van der Waals surface area contributed by atoms with Crippen LogP contribution >= 0.6 is 0 Å². The van der Waals surface area contributed by atoms with Gasteiger partial charge in [0.15, 0.2) is 5.75 Å². The van der Waals surface area contributed by atoms with Gasteiger partial charge in [-0.3, -0.25) is 0 Å². The fraction of sp³-hybridized carbons (Fsp3) is 0.0909. The zero-order valence-corrected chi connectivity index (χ0v) is 8.73. The maximum absolute atomic E-state index is 13.1. The fourth-order valence-corrected chi connectivity index (χ4v) is 1.20. The van der Waals surface area contributed by atoms with Crippen LogP contribution in [-0.4, -0.2) is 17.7 Å². The van der Waals surface area contributed by atoms with E-state index in [9.17, 15) is 18.0 Å². The average molecular weight is 257 g/mol. The fourth-order valence-electron chi connectivity index (χ4n) is 1.20. The van der Waals surface area contributed by atoms with Crippen LogP contribution in [0.4, 0.5) is 13.2 Å². The van der Waals surface area contributed by atoms with E-state index < -0.39 is 29.7 Å². The van der Waals surface area contributed by atoms with Crippen LogP contribution in [-0.2, 0) is 4.79 Å². The molecule has 0 aliphatic rings. The molecule has 0 spiro atoms. The number of benzene rings is 1. The molecule has 0 bridgehead atoms. The first-order chi connectivity index (χ1) is 8.43. The van der Waals surface area contributed by atoms with Gasteiger partial charge >= 0.3 is 12.6 Å². The second kappa shape index (κ2) is 5.72. The second-order valence-corrected chi connectivity index (χ2v) is 3.03. The minimum atomic E-state index is -3.21. The lowest BCUT2D eigenvalue weighted by Gasteiger charge is -2.09. The number of hydrogen-bond donors (Lipinski definition) is 1. The molecule has 94 valence electrons. The number of carboxylic acid groups (broad SMARTS) is 1. The molecular weight excluding hydrogens is 251 g/mol. The lowest BCUT2D eigenvalue weighted by molar-refractivity contribution is -0.131. The molecule has 0 unspecified atom stereocenters. The Labute approximate surface area is 99.5 Å². The van der Waals surface area contributed by atoms with E-state index in [1.54, 1.807) is 0 Å². The third kappa shape index (κ3) is 3.52. The molecular formula is C11H6F3NO3. The average Bonchev–Trinajstić information content (AvgIpc) is 2.28. The molecule has 7 heteroatoms. The van der Waals surface area contributed by atoms with Gasteiger partial charge in [0.2, 0.25) is 0 Å². The van der Waals surface area contributed by atoms with Crippen molar-refractivity contribution in [2.24, 2.45) is 0 Å². The van der Waals surface area contributed by atoms with Crippen LogP contribution in [0.25, 0.3) is 6.08 Å². The summed E-state index contributed by atoms with van der Waals surface area (Å²) >= 11 is 0. The molecule has 0 saturated carbocycles. The van der Waals surface area contributed by atoms with Gasteiger partial charge in [-0.2, -0.15) is 14.0 Å². The molecule has 1 aromatic rings. The van der Waals surface area contributed by atoms with E-state index in [0.29, 0.717) is 6.08 Å². The van der Waals surface area contributed by atoms with Crippen LogP contribution in [0.2, 0.25) is 0 Å². The summed E-state index contributed by atoms with van der Waals surface area (Å²) in [5.41, 5.74) is -0.699. The van der Waals surface area contributed by atoms with E-state index in [1.165, 1.54) is 6.07 Å². The summed E-state index contributed by atoms with van der Waals surface area (Å²) < 4.78 is 41.5. The van der Waals surface area contributed by atoms with Crippen LogP contribution in [0.15, 0.2) is 18.2 Å². The molecule has 0 aromatic heterocycles. The van der Waals surface area contributed by atoms with Crippen molar-refractivity contribution in [1.82, 2.24) is 0 Å². The van der Waals surface area contributed by atoms with Crippen LogP contribution in [0, 0.1) is 17.1 Å². The second-order valence-electron chi connectivity index (χ2n) is 3.03. The SMILES string of the molecule is N#Cc1cc(F)cc(/C=C/C(=O)O)c1OC(F)F. The topological polar surface area (TPSA) is 70.3 Å². The highest BCUT2D eigenvalue weighted by Gasteiger charge is 2.15. The molecule has 1 N–H and O–H groups in total. The first-order valence-corrected chi connectivity index (χ1v) is 4.53. The number of hydrogen-bond acceptors (Lipinski definition) is 3. The molecule has 4 nitrogen and oxygen atoms in total. The summed E-state index contributed by atoms with van der Waals surface area (Å²) in [4.78, 5) is 10.3. The summed E-state index contributed by atoms with van der Waals surface area (Å²) in [5.74, 6) is -2.77. The molecule has 18 heavy (non-hydrogen) atoms. The number of rotatable bonds is 4. The van der Waals surface area contributed by atoms with Crippen LogP contribution in [0.3, 0.4) is 0 Å². The normalized spacial score (nSPS) is 10.6. The number of nitrogens with zero attached hydrogens (tertiary/aromatic N) is 1. The molecule has 1 aromatic carbocycles. The number of carbonyl (C=O) groups is 1. The monoisotopic (exact) mass is 257 g/mol. The van der Waals surface area contributed by atoms with E-state index in [4.69, 9.17) is 10.4 Å². The first-order valence-electron chi connectivity index (χ1n) is 4.53. The van der Waals surface area contributed by atoms with Crippen molar-refractivity contribution in [3.63, 3.8) is 0 Å². The third-order valence-electron chi connectivity index (χ3n) is 1.82. The molecule has 0 atom stereocenters. The Bertz CT molecular complexity index is 535. The Morgan fingerprint density at radius 3 is 2.67 bits per heavy atom. The summed E-state index contributed by atoms with van der Waals surface area (Å²) in [6.45, 7) is -3.21. The zero-order chi connectivity index (χ0) is 13.7. The van der Waals surface area contributed by atoms with Gasteiger partial charge in [-0.1, -0.05) is 0 Å². The predicted octanol–water partition coefficient (Wildman–Crippen LogP) is 2.40. The Hall–Kier alpha value is -2.49. The van der Waals surface area contributed by atoms with Crippen molar-refractivity contribution in [3.05, 3.63) is 35.2 Å². The number of carboxylic acids is 1. The summed E-state index contributed by atoms with van der Waals surface area (Å²) in [6, 6.07) is 3.00. The number of aliphatic carboxylic acids is 1. The quantitative estimate of drug-likeness (QED) is 0.841. The maximum Gasteiger partial charge on any atom is 0.387 e. The molecule has 0 heterocycles. The Balaban J connectivity index is 3.33. The maximum atomic E-state index is 13.1. The van der Waals surface area contributed by atoms with Gasteiger partial charge in [0.1, 0.15) is 11.9 Å². The van der Waals surface area contributed by atoms with E-state index in [1.807, 2.05) is 0 Å². The van der Waals surface area contributed by atoms with Crippen molar-refractivity contribution >= 4 is 12.0 Å². The number of ether oxygens (including phenoxy) is 1. The van der Waals surface area contributed by atoms with Crippen molar-refractivity contribution in [2.45, 2.75) is 6.61 Å². The van der Waals surface area contributed by atoms with Gasteiger partial charge in [-0.15, -0.1) is 0 Å².